The van der Waals surface area contributed by atoms with Crippen LogP contribution in [0.2, 0.25) is 0 Å². The first kappa shape index (κ1) is 19.4. The van der Waals surface area contributed by atoms with Crippen LogP contribution in [0.3, 0.4) is 0 Å². The number of nitrogens with zero attached hydrogens (tertiary/aromatic N) is 2. The van der Waals surface area contributed by atoms with E-state index in [0.29, 0.717) is 19.0 Å². The molecule has 2 aromatic carbocycles. The van der Waals surface area contributed by atoms with Crippen LogP contribution in [0.1, 0.15) is 24.0 Å². The molecule has 0 atom stereocenters. The quantitative estimate of drug-likeness (QED) is 0.750. The Morgan fingerprint density at radius 1 is 1.04 bits per heavy atom. The van der Waals surface area contributed by atoms with Gasteiger partial charge in [0.2, 0.25) is 5.91 Å². The van der Waals surface area contributed by atoms with Crippen molar-refractivity contribution in [2.75, 3.05) is 33.8 Å². The number of piperidine rings is 1. The first-order valence-electron chi connectivity index (χ1n) is 9.77. The SMILES string of the molecule is COc1ccc(CC2CCN(CC(=O)N(C)Cc3ccccc3)CC2)cc1. The topological polar surface area (TPSA) is 32.8 Å². The molecule has 0 radical (unpaired) electrons. The lowest BCUT2D eigenvalue weighted by Crippen LogP contribution is -2.42. The Bertz CT molecular complexity index is 707. The van der Waals surface area contributed by atoms with Crippen LogP contribution >= 0.6 is 0 Å². The first-order chi connectivity index (χ1) is 13.1. The summed E-state index contributed by atoms with van der Waals surface area (Å²) in [7, 11) is 3.59. The van der Waals surface area contributed by atoms with Gasteiger partial charge < -0.3 is 9.64 Å². The Balaban J connectivity index is 1.41. The minimum atomic E-state index is 0.201. The van der Waals surface area contributed by atoms with Gasteiger partial charge >= 0.3 is 0 Å². The highest BCUT2D eigenvalue weighted by atomic mass is 16.5. The monoisotopic (exact) mass is 366 g/mol. The lowest BCUT2D eigenvalue weighted by atomic mass is 9.90. The van der Waals surface area contributed by atoms with Gasteiger partial charge in [-0.15, -0.1) is 0 Å². The van der Waals surface area contributed by atoms with Gasteiger partial charge in [0.25, 0.3) is 0 Å². The van der Waals surface area contributed by atoms with E-state index in [2.05, 4.69) is 29.2 Å². The van der Waals surface area contributed by atoms with E-state index in [1.54, 1.807) is 7.11 Å². The molecule has 1 amide bonds. The molecule has 0 spiro atoms. The molecule has 4 heteroatoms. The van der Waals surface area contributed by atoms with E-state index in [1.165, 1.54) is 11.1 Å². The van der Waals surface area contributed by atoms with Crippen LogP contribution < -0.4 is 4.74 Å². The summed E-state index contributed by atoms with van der Waals surface area (Å²) in [6.07, 6.45) is 3.42. The summed E-state index contributed by atoms with van der Waals surface area (Å²) in [5.74, 6) is 1.81. The summed E-state index contributed by atoms with van der Waals surface area (Å²) >= 11 is 0. The highest BCUT2D eigenvalue weighted by molar-refractivity contribution is 5.78. The van der Waals surface area contributed by atoms with Crippen molar-refractivity contribution in [2.24, 2.45) is 5.92 Å². The molecule has 0 bridgehead atoms. The number of likely N-dealkylation sites (tertiary alicyclic amines) is 1. The van der Waals surface area contributed by atoms with Crippen LogP contribution in [0, 0.1) is 5.92 Å². The van der Waals surface area contributed by atoms with Crippen LogP contribution in [0.15, 0.2) is 54.6 Å². The third-order valence-corrected chi connectivity index (χ3v) is 5.44. The molecule has 3 rings (SSSR count). The molecule has 0 N–H and O–H groups in total. The minimum absolute atomic E-state index is 0.201. The number of benzene rings is 2. The fourth-order valence-corrected chi connectivity index (χ4v) is 3.70. The lowest BCUT2D eigenvalue weighted by Gasteiger charge is -2.32. The van der Waals surface area contributed by atoms with E-state index in [0.717, 1.165) is 38.1 Å². The summed E-state index contributed by atoms with van der Waals surface area (Å²) < 4.78 is 5.22. The van der Waals surface area contributed by atoms with Gasteiger partial charge in [-0.05, 0) is 61.5 Å². The molecule has 0 aromatic heterocycles. The molecule has 1 aliphatic rings. The molecule has 1 fully saturated rings. The van der Waals surface area contributed by atoms with Gasteiger partial charge in [0.1, 0.15) is 5.75 Å². The Morgan fingerprint density at radius 2 is 1.70 bits per heavy atom. The summed E-state index contributed by atoms with van der Waals surface area (Å²) in [6, 6.07) is 18.5. The van der Waals surface area contributed by atoms with Crippen molar-refractivity contribution < 1.29 is 9.53 Å². The molecule has 0 aliphatic carbocycles. The lowest BCUT2D eigenvalue weighted by molar-refractivity contribution is -0.132. The third-order valence-electron chi connectivity index (χ3n) is 5.44. The summed E-state index contributed by atoms with van der Waals surface area (Å²) in [4.78, 5) is 16.7. The average Bonchev–Trinajstić information content (AvgIpc) is 2.71. The smallest absolute Gasteiger partial charge is 0.236 e. The Morgan fingerprint density at radius 3 is 2.33 bits per heavy atom. The van der Waals surface area contributed by atoms with Crippen LogP contribution in [-0.2, 0) is 17.8 Å². The van der Waals surface area contributed by atoms with Crippen molar-refractivity contribution >= 4 is 5.91 Å². The van der Waals surface area contributed by atoms with Crippen molar-refractivity contribution in [3.63, 3.8) is 0 Å². The molecule has 2 aromatic rings. The molecule has 1 heterocycles. The largest absolute Gasteiger partial charge is 0.497 e. The van der Waals surface area contributed by atoms with Crippen LogP contribution in [-0.4, -0.2) is 49.5 Å². The fraction of sp³-hybridized carbons (Fsp3) is 0.435. The van der Waals surface area contributed by atoms with Gasteiger partial charge in [-0.2, -0.15) is 0 Å². The van der Waals surface area contributed by atoms with Crippen molar-refractivity contribution in [1.82, 2.24) is 9.80 Å². The highest BCUT2D eigenvalue weighted by Gasteiger charge is 2.22. The maximum atomic E-state index is 12.5. The molecule has 4 nitrogen and oxygen atoms in total. The van der Waals surface area contributed by atoms with Gasteiger partial charge in [0.15, 0.2) is 0 Å². The standard InChI is InChI=1S/C23H30N2O2/c1-24(17-21-6-4-3-5-7-21)23(26)18-25-14-12-20(13-15-25)16-19-8-10-22(27-2)11-9-19/h3-11,20H,12-18H2,1-2H3. The molecular formula is C23H30N2O2. The number of hydrogen-bond acceptors (Lipinski definition) is 3. The number of hydrogen-bond donors (Lipinski definition) is 0. The van der Waals surface area contributed by atoms with Crippen molar-refractivity contribution in [3.8, 4) is 5.75 Å². The first-order valence-corrected chi connectivity index (χ1v) is 9.77. The zero-order valence-corrected chi connectivity index (χ0v) is 16.4. The maximum absolute atomic E-state index is 12.5. The van der Waals surface area contributed by atoms with Crippen molar-refractivity contribution in [1.29, 1.82) is 0 Å². The number of carbonyl (C=O) groups excluding carboxylic acids is 1. The van der Waals surface area contributed by atoms with E-state index in [9.17, 15) is 4.79 Å². The Kier molecular flexibility index (Phi) is 6.88. The second kappa shape index (κ2) is 9.56. The van der Waals surface area contributed by atoms with Gasteiger partial charge in [0, 0.05) is 13.6 Å². The van der Waals surface area contributed by atoms with Gasteiger partial charge in [0.05, 0.1) is 13.7 Å². The van der Waals surface area contributed by atoms with E-state index in [1.807, 2.05) is 42.3 Å². The minimum Gasteiger partial charge on any atom is -0.497 e. The average molecular weight is 367 g/mol. The van der Waals surface area contributed by atoms with Crippen molar-refractivity contribution in [3.05, 3.63) is 65.7 Å². The van der Waals surface area contributed by atoms with Gasteiger partial charge in [-0.3, -0.25) is 9.69 Å². The number of methoxy groups -OCH3 is 1. The van der Waals surface area contributed by atoms with Crippen molar-refractivity contribution in [2.45, 2.75) is 25.8 Å². The molecule has 0 saturated carbocycles. The second-order valence-corrected chi connectivity index (χ2v) is 7.51. The summed E-state index contributed by atoms with van der Waals surface area (Å²) in [6.45, 7) is 3.21. The normalized spacial score (nSPS) is 15.5. The molecular weight excluding hydrogens is 336 g/mol. The molecule has 0 unspecified atom stereocenters. The number of amides is 1. The number of ether oxygens (including phenoxy) is 1. The third kappa shape index (κ3) is 5.83. The Hall–Kier alpha value is -2.33. The van der Waals surface area contributed by atoms with Crippen LogP contribution in [0.25, 0.3) is 0 Å². The zero-order chi connectivity index (χ0) is 19.1. The second-order valence-electron chi connectivity index (χ2n) is 7.51. The van der Waals surface area contributed by atoms with E-state index < -0.39 is 0 Å². The van der Waals surface area contributed by atoms with Gasteiger partial charge in [-0.25, -0.2) is 0 Å². The molecule has 144 valence electrons. The molecule has 1 saturated heterocycles. The number of rotatable bonds is 7. The maximum Gasteiger partial charge on any atom is 0.236 e. The van der Waals surface area contributed by atoms with E-state index in [4.69, 9.17) is 4.74 Å². The summed E-state index contributed by atoms with van der Waals surface area (Å²) in [5, 5.41) is 0. The van der Waals surface area contributed by atoms with Gasteiger partial charge in [-0.1, -0.05) is 42.5 Å². The predicted molar refractivity (Wildman–Crippen MR) is 109 cm³/mol. The highest BCUT2D eigenvalue weighted by Crippen LogP contribution is 2.23. The number of carbonyl (C=O) groups is 1. The Labute approximate surface area is 162 Å². The predicted octanol–water partition coefficient (Wildman–Crippen LogP) is 3.61. The van der Waals surface area contributed by atoms with Crippen LogP contribution in [0.4, 0.5) is 0 Å². The fourth-order valence-electron chi connectivity index (χ4n) is 3.70. The van der Waals surface area contributed by atoms with Crippen LogP contribution in [0.5, 0.6) is 5.75 Å². The molecule has 1 aliphatic heterocycles. The van der Waals surface area contributed by atoms with E-state index in [-0.39, 0.29) is 5.91 Å². The zero-order valence-electron chi connectivity index (χ0n) is 16.4. The molecule has 27 heavy (non-hydrogen) atoms. The summed E-state index contributed by atoms with van der Waals surface area (Å²) in [5.41, 5.74) is 2.54. The number of likely N-dealkylation sites (N-methyl/N-ethyl adjacent to an activating group) is 1. The van der Waals surface area contributed by atoms with E-state index >= 15 is 0 Å².